The van der Waals surface area contributed by atoms with Crippen molar-refractivity contribution in [2.24, 2.45) is 5.92 Å². The number of aliphatic hydroxyl groups excluding tert-OH is 1. The van der Waals surface area contributed by atoms with Gasteiger partial charge in [-0.2, -0.15) is 0 Å². The number of carbonyl (C=O) groups excluding carboxylic acids is 1. The Bertz CT molecular complexity index is 293. The average molecular weight is 244 g/mol. The fourth-order valence-corrected chi connectivity index (χ4v) is 1.96. The van der Waals surface area contributed by atoms with E-state index in [-0.39, 0.29) is 24.9 Å². The van der Waals surface area contributed by atoms with Crippen LogP contribution in [0.1, 0.15) is 19.8 Å². The maximum atomic E-state index is 11.9. The number of carboxylic acid groups (broad SMARTS) is 1. The van der Waals surface area contributed by atoms with Crippen molar-refractivity contribution in [2.75, 3.05) is 26.7 Å². The first-order valence-electron chi connectivity index (χ1n) is 5.81. The molecule has 17 heavy (non-hydrogen) atoms. The summed E-state index contributed by atoms with van der Waals surface area (Å²) in [6, 6.07) is -0.158. The molecule has 0 bridgehead atoms. The largest absolute Gasteiger partial charge is 0.481 e. The molecule has 1 aliphatic heterocycles. The van der Waals surface area contributed by atoms with E-state index in [1.165, 1.54) is 4.90 Å². The highest BCUT2D eigenvalue weighted by Crippen LogP contribution is 2.20. The molecule has 1 aliphatic rings. The number of amides is 2. The van der Waals surface area contributed by atoms with Crippen molar-refractivity contribution in [3.63, 3.8) is 0 Å². The molecule has 6 heteroatoms. The van der Waals surface area contributed by atoms with Gasteiger partial charge in [0.25, 0.3) is 0 Å². The number of hydrogen-bond acceptors (Lipinski definition) is 3. The highest BCUT2D eigenvalue weighted by atomic mass is 16.4. The number of carboxylic acids is 1. The summed E-state index contributed by atoms with van der Waals surface area (Å²) in [4.78, 5) is 25.4. The standard InChI is InChI=1S/C11H20N2O4/c1-8(14)9-3-6-13(7-9)11(17)12(2)5-4-10(15)16/h8-9,14H,3-7H2,1-2H3,(H,15,16). The molecule has 6 nitrogen and oxygen atoms in total. The molecule has 1 heterocycles. The lowest BCUT2D eigenvalue weighted by atomic mass is 10.0. The maximum Gasteiger partial charge on any atom is 0.319 e. The zero-order valence-corrected chi connectivity index (χ0v) is 10.3. The first-order chi connectivity index (χ1) is 7.91. The van der Waals surface area contributed by atoms with Gasteiger partial charge in [-0.1, -0.05) is 0 Å². The molecule has 0 aromatic heterocycles. The second kappa shape index (κ2) is 5.86. The van der Waals surface area contributed by atoms with Crippen molar-refractivity contribution in [3.8, 4) is 0 Å². The van der Waals surface area contributed by atoms with E-state index in [1.54, 1.807) is 18.9 Å². The third-order valence-corrected chi connectivity index (χ3v) is 3.17. The SMILES string of the molecule is CC(O)C1CCN(C(=O)N(C)CCC(=O)O)C1. The molecule has 2 atom stereocenters. The van der Waals surface area contributed by atoms with Crippen LogP contribution < -0.4 is 0 Å². The predicted octanol–water partition coefficient (Wildman–Crippen LogP) is 0.216. The summed E-state index contributed by atoms with van der Waals surface area (Å²) in [7, 11) is 1.60. The molecule has 2 unspecified atom stereocenters. The lowest BCUT2D eigenvalue weighted by Gasteiger charge is -2.24. The van der Waals surface area contributed by atoms with Crippen LogP contribution in [0, 0.1) is 5.92 Å². The molecule has 0 aliphatic carbocycles. The van der Waals surface area contributed by atoms with E-state index in [0.29, 0.717) is 13.1 Å². The first kappa shape index (κ1) is 13.8. The second-order valence-corrected chi connectivity index (χ2v) is 4.58. The summed E-state index contributed by atoms with van der Waals surface area (Å²) in [5.74, 6) is -0.778. The van der Waals surface area contributed by atoms with Crippen molar-refractivity contribution in [2.45, 2.75) is 25.9 Å². The molecular weight excluding hydrogens is 224 g/mol. The second-order valence-electron chi connectivity index (χ2n) is 4.58. The minimum absolute atomic E-state index is 0.0457. The Balaban J connectivity index is 2.40. The number of urea groups is 1. The van der Waals surface area contributed by atoms with Crippen LogP contribution in [-0.2, 0) is 4.79 Å². The van der Waals surface area contributed by atoms with Crippen molar-refractivity contribution in [3.05, 3.63) is 0 Å². The number of aliphatic hydroxyl groups is 1. The maximum absolute atomic E-state index is 11.9. The Morgan fingerprint density at radius 2 is 2.18 bits per heavy atom. The summed E-state index contributed by atoms with van der Waals surface area (Å²) in [6.07, 6.45) is 0.351. The molecule has 1 saturated heterocycles. The van der Waals surface area contributed by atoms with Crippen LogP contribution >= 0.6 is 0 Å². The Morgan fingerprint density at radius 3 is 2.65 bits per heavy atom. The van der Waals surface area contributed by atoms with Gasteiger partial charge in [-0.25, -0.2) is 4.79 Å². The number of hydrogen-bond donors (Lipinski definition) is 2. The molecule has 1 fully saturated rings. The number of carbonyl (C=O) groups is 2. The fourth-order valence-electron chi connectivity index (χ4n) is 1.96. The molecule has 0 radical (unpaired) electrons. The molecule has 2 amide bonds. The number of rotatable bonds is 4. The third kappa shape index (κ3) is 3.89. The first-order valence-corrected chi connectivity index (χ1v) is 5.81. The van der Waals surface area contributed by atoms with Gasteiger partial charge in [0.2, 0.25) is 0 Å². The van der Waals surface area contributed by atoms with Gasteiger partial charge in [-0.05, 0) is 13.3 Å². The summed E-state index contributed by atoms with van der Waals surface area (Å²) >= 11 is 0. The van der Waals surface area contributed by atoms with Gasteiger partial charge in [-0.3, -0.25) is 4.79 Å². The average Bonchev–Trinajstić information content (AvgIpc) is 2.73. The molecule has 0 aromatic rings. The van der Waals surface area contributed by atoms with Crippen molar-refractivity contribution in [1.82, 2.24) is 9.80 Å². The van der Waals surface area contributed by atoms with Crippen molar-refractivity contribution in [1.29, 1.82) is 0 Å². The van der Waals surface area contributed by atoms with Gasteiger partial charge in [-0.15, -0.1) is 0 Å². The molecule has 0 aromatic carbocycles. The lowest BCUT2D eigenvalue weighted by Crippen LogP contribution is -2.41. The van der Waals surface area contributed by atoms with Gasteiger partial charge in [0.1, 0.15) is 0 Å². The highest BCUT2D eigenvalue weighted by molar-refractivity contribution is 5.75. The molecule has 98 valence electrons. The van der Waals surface area contributed by atoms with E-state index in [0.717, 1.165) is 6.42 Å². The summed E-state index contributed by atoms with van der Waals surface area (Å²) in [6.45, 7) is 3.12. The van der Waals surface area contributed by atoms with Crippen LogP contribution in [0.4, 0.5) is 4.79 Å². The van der Waals surface area contributed by atoms with Crippen LogP contribution in [-0.4, -0.2) is 64.8 Å². The Hall–Kier alpha value is -1.30. The highest BCUT2D eigenvalue weighted by Gasteiger charge is 2.30. The lowest BCUT2D eigenvalue weighted by molar-refractivity contribution is -0.137. The quantitative estimate of drug-likeness (QED) is 0.741. The normalized spacial score (nSPS) is 21.4. The van der Waals surface area contributed by atoms with Crippen molar-refractivity contribution < 1.29 is 19.8 Å². The topological polar surface area (TPSA) is 81.1 Å². The van der Waals surface area contributed by atoms with E-state index in [2.05, 4.69) is 0 Å². The fraction of sp³-hybridized carbons (Fsp3) is 0.818. The van der Waals surface area contributed by atoms with Crippen LogP contribution in [0.2, 0.25) is 0 Å². The predicted molar refractivity (Wildman–Crippen MR) is 61.6 cm³/mol. The Labute approximate surface area is 101 Å². The van der Waals surface area contributed by atoms with Gasteiger partial charge in [0.05, 0.1) is 12.5 Å². The Kier molecular flexibility index (Phi) is 4.74. The molecule has 0 spiro atoms. The summed E-state index contributed by atoms with van der Waals surface area (Å²) in [5, 5.41) is 18.0. The number of aliphatic carboxylic acids is 1. The van der Waals surface area contributed by atoms with E-state index in [9.17, 15) is 14.7 Å². The van der Waals surface area contributed by atoms with Crippen LogP contribution in [0.25, 0.3) is 0 Å². The van der Waals surface area contributed by atoms with Crippen LogP contribution in [0.3, 0.4) is 0 Å². The number of likely N-dealkylation sites (tertiary alicyclic amines) is 1. The van der Waals surface area contributed by atoms with Gasteiger partial charge < -0.3 is 20.0 Å². The summed E-state index contributed by atoms with van der Waals surface area (Å²) in [5.41, 5.74) is 0. The smallest absolute Gasteiger partial charge is 0.319 e. The van der Waals surface area contributed by atoms with E-state index in [4.69, 9.17) is 5.11 Å². The van der Waals surface area contributed by atoms with Gasteiger partial charge in [0, 0.05) is 32.6 Å². The molecule has 1 rings (SSSR count). The Morgan fingerprint density at radius 1 is 1.53 bits per heavy atom. The zero-order valence-electron chi connectivity index (χ0n) is 10.3. The molecule has 0 saturated carbocycles. The van der Waals surface area contributed by atoms with E-state index >= 15 is 0 Å². The van der Waals surface area contributed by atoms with Crippen LogP contribution in [0.15, 0.2) is 0 Å². The van der Waals surface area contributed by atoms with Crippen molar-refractivity contribution >= 4 is 12.0 Å². The monoisotopic (exact) mass is 244 g/mol. The van der Waals surface area contributed by atoms with E-state index in [1.807, 2.05) is 0 Å². The minimum Gasteiger partial charge on any atom is -0.481 e. The minimum atomic E-state index is -0.909. The summed E-state index contributed by atoms with van der Waals surface area (Å²) < 4.78 is 0. The third-order valence-electron chi connectivity index (χ3n) is 3.17. The van der Waals surface area contributed by atoms with E-state index < -0.39 is 12.1 Å². The zero-order chi connectivity index (χ0) is 13.0. The van der Waals surface area contributed by atoms with Crippen LogP contribution in [0.5, 0.6) is 0 Å². The number of nitrogens with zero attached hydrogens (tertiary/aromatic N) is 2. The van der Waals surface area contributed by atoms with Gasteiger partial charge in [0.15, 0.2) is 0 Å². The molecular formula is C11H20N2O4. The van der Waals surface area contributed by atoms with Gasteiger partial charge >= 0.3 is 12.0 Å². The molecule has 2 N–H and O–H groups in total.